The molecule has 0 aromatic heterocycles. The number of anilines is 1. The fourth-order valence-corrected chi connectivity index (χ4v) is 3.93. The molecule has 0 radical (unpaired) electrons. The summed E-state index contributed by atoms with van der Waals surface area (Å²) in [5.74, 6) is 0.0734. The molecule has 19 heavy (non-hydrogen) atoms. The number of carbonyl (C=O) groups excluding carboxylic acids is 1. The van der Waals surface area contributed by atoms with Gasteiger partial charge in [0.25, 0.3) is 0 Å². The Bertz CT molecular complexity index is 504. The third-order valence-electron chi connectivity index (χ3n) is 3.07. The minimum Gasteiger partial charge on any atom is -0.465 e. The highest BCUT2D eigenvalue weighted by atomic mass is 79.9. The van der Waals surface area contributed by atoms with Gasteiger partial charge in [0.2, 0.25) is 0 Å². The topological polar surface area (TPSA) is 29.5 Å². The predicted octanol–water partition coefficient (Wildman–Crippen LogP) is 4.22. The summed E-state index contributed by atoms with van der Waals surface area (Å²) in [5, 5.41) is 0.513. The maximum atomic E-state index is 11.9. The first-order valence-electron chi connectivity index (χ1n) is 6.30. The van der Waals surface area contributed by atoms with Gasteiger partial charge in [0.15, 0.2) is 0 Å². The van der Waals surface area contributed by atoms with Crippen LogP contribution in [-0.4, -0.2) is 24.9 Å². The van der Waals surface area contributed by atoms with Gasteiger partial charge in [-0.1, -0.05) is 36.7 Å². The summed E-state index contributed by atoms with van der Waals surface area (Å²) in [5.41, 5.74) is 2.90. The van der Waals surface area contributed by atoms with Gasteiger partial charge in [-0.2, -0.15) is 0 Å². The molecule has 0 amide bonds. The van der Waals surface area contributed by atoms with Gasteiger partial charge in [-0.05, 0) is 29.6 Å². The number of carbonyl (C=O) groups is 1. The monoisotopic (exact) mass is 343 g/mol. The molecule has 1 aliphatic rings. The van der Waals surface area contributed by atoms with Gasteiger partial charge in [0.05, 0.1) is 18.4 Å². The highest BCUT2D eigenvalue weighted by molar-refractivity contribution is 9.10. The Hall–Kier alpha value is -0.680. The summed E-state index contributed by atoms with van der Waals surface area (Å²) in [6.45, 7) is 7.43. The van der Waals surface area contributed by atoms with Crippen molar-refractivity contribution >= 4 is 39.5 Å². The van der Waals surface area contributed by atoms with Crippen LogP contribution in [0.1, 0.15) is 42.6 Å². The molecule has 1 atom stereocenters. The van der Waals surface area contributed by atoms with E-state index in [1.54, 1.807) is 11.9 Å². The maximum Gasteiger partial charge on any atom is 0.338 e. The van der Waals surface area contributed by atoms with Crippen molar-refractivity contribution in [3.8, 4) is 0 Å². The number of esters is 1. The Balaban J connectivity index is 2.49. The van der Waals surface area contributed by atoms with E-state index in [2.05, 4.69) is 47.1 Å². The molecule has 5 heteroatoms. The van der Waals surface area contributed by atoms with Gasteiger partial charge in [0.1, 0.15) is 0 Å². The molecule has 1 aromatic rings. The first-order chi connectivity index (χ1) is 8.93. The summed E-state index contributed by atoms with van der Waals surface area (Å²) in [6, 6.07) is 3.94. The largest absolute Gasteiger partial charge is 0.465 e. The maximum absolute atomic E-state index is 11.9. The van der Waals surface area contributed by atoms with E-state index < -0.39 is 0 Å². The summed E-state index contributed by atoms with van der Waals surface area (Å²) in [4.78, 5) is 11.9. The van der Waals surface area contributed by atoms with E-state index in [1.165, 1.54) is 7.11 Å². The van der Waals surface area contributed by atoms with Crippen molar-refractivity contribution in [2.24, 2.45) is 0 Å². The second-order valence-electron chi connectivity index (χ2n) is 4.99. The number of halogens is 1. The number of rotatable bonds is 3. The Kier molecular flexibility index (Phi) is 4.46. The van der Waals surface area contributed by atoms with Gasteiger partial charge >= 0.3 is 5.97 Å². The van der Waals surface area contributed by atoms with E-state index in [4.69, 9.17) is 4.74 Å². The molecular formula is C14H18BrNO2S. The lowest BCUT2D eigenvalue weighted by Gasteiger charge is -2.20. The zero-order valence-corrected chi connectivity index (χ0v) is 14.0. The highest BCUT2D eigenvalue weighted by Crippen LogP contribution is 2.44. The predicted molar refractivity (Wildman–Crippen MR) is 84.0 cm³/mol. The van der Waals surface area contributed by atoms with Crippen LogP contribution in [0.4, 0.5) is 5.69 Å². The highest BCUT2D eigenvalue weighted by Gasteiger charge is 2.31. The fourth-order valence-electron chi connectivity index (χ4n) is 2.40. The molecule has 0 fully saturated rings. The number of methoxy groups -OCH3 is 1. The summed E-state index contributed by atoms with van der Waals surface area (Å²) >= 11 is 5.29. The van der Waals surface area contributed by atoms with Crippen molar-refractivity contribution in [2.75, 3.05) is 18.0 Å². The molecule has 1 heterocycles. The second kappa shape index (κ2) is 5.75. The first-order valence-corrected chi connectivity index (χ1v) is 7.93. The van der Waals surface area contributed by atoms with Crippen molar-refractivity contribution in [1.29, 1.82) is 0 Å². The van der Waals surface area contributed by atoms with Crippen LogP contribution in [0.5, 0.6) is 0 Å². The molecule has 104 valence electrons. The lowest BCUT2D eigenvalue weighted by molar-refractivity contribution is 0.0599. The zero-order valence-electron chi connectivity index (χ0n) is 11.6. The normalized spacial score (nSPS) is 17.8. The number of nitrogens with zero attached hydrogens (tertiary/aromatic N) is 1. The third-order valence-corrected chi connectivity index (χ3v) is 4.55. The summed E-state index contributed by atoms with van der Waals surface area (Å²) in [6.07, 6.45) is 0. The zero-order chi connectivity index (χ0) is 14.2. The van der Waals surface area contributed by atoms with Gasteiger partial charge in [0, 0.05) is 22.2 Å². The van der Waals surface area contributed by atoms with Gasteiger partial charge in [-0.3, -0.25) is 0 Å². The second-order valence-corrected chi connectivity index (χ2v) is 7.50. The molecule has 0 spiro atoms. The van der Waals surface area contributed by atoms with Gasteiger partial charge in [-0.15, -0.1) is 0 Å². The Morgan fingerprint density at radius 3 is 2.79 bits per heavy atom. The number of hydrogen-bond acceptors (Lipinski definition) is 4. The van der Waals surface area contributed by atoms with E-state index in [0.717, 1.165) is 22.3 Å². The average molecular weight is 344 g/mol. The van der Waals surface area contributed by atoms with Crippen molar-refractivity contribution < 1.29 is 9.53 Å². The van der Waals surface area contributed by atoms with E-state index >= 15 is 0 Å². The SMILES string of the molecule is COC(=O)c1cc(Br)cc2c1C(C)CN2SC(C)C. The number of ether oxygens (including phenoxy) is 1. The van der Waals surface area contributed by atoms with E-state index in [0.29, 0.717) is 16.7 Å². The van der Waals surface area contributed by atoms with Crippen molar-refractivity contribution in [2.45, 2.75) is 31.9 Å². The smallest absolute Gasteiger partial charge is 0.338 e. The van der Waals surface area contributed by atoms with Crippen LogP contribution < -0.4 is 4.31 Å². The Morgan fingerprint density at radius 1 is 1.53 bits per heavy atom. The molecule has 0 N–H and O–H groups in total. The quantitative estimate of drug-likeness (QED) is 0.607. The van der Waals surface area contributed by atoms with Crippen LogP contribution in [0.2, 0.25) is 0 Å². The first kappa shape index (κ1) is 14.7. The van der Waals surface area contributed by atoms with Crippen molar-refractivity contribution in [3.63, 3.8) is 0 Å². The number of hydrogen-bond donors (Lipinski definition) is 0. The van der Waals surface area contributed by atoms with E-state index in [-0.39, 0.29) is 5.97 Å². The lowest BCUT2D eigenvalue weighted by atomic mass is 9.97. The van der Waals surface area contributed by atoms with E-state index in [1.807, 2.05) is 6.07 Å². The van der Waals surface area contributed by atoms with Crippen LogP contribution in [0.15, 0.2) is 16.6 Å². The summed E-state index contributed by atoms with van der Waals surface area (Å²) in [7, 11) is 1.43. The molecule has 1 unspecified atom stereocenters. The lowest BCUT2D eigenvalue weighted by Crippen LogP contribution is -2.14. The van der Waals surface area contributed by atoms with Gasteiger partial charge in [-0.25, -0.2) is 4.79 Å². The van der Waals surface area contributed by atoms with Crippen molar-refractivity contribution in [3.05, 3.63) is 27.7 Å². The van der Waals surface area contributed by atoms with Crippen LogP contribution in [0.3, 0.4) is 0 Å². The minimum absolute atomic E-state index is 0.263. The molecule has 1 aromatic carbocycles. The summed E-state index contributed by atoms with van der Waals surface area (Å²) < 4.78 is 8.09. The number of fused-ring (bicyclic) bond motifs is 1. The number of benzene rings is 1. The average Bonchev–Trinajstić information content (AvgIpc) is 2.63. The molecule has 0 aliphatic carbocycles. The Morgan fingerprint density at radius 2 is 2.21 bits per heavy atom. The molecular weight excluding hydrogens is 326 g/mol. The molecule has 0 bridgehead atoms. The molecule has 3 nitrogen and oxygen atoms in total. The van der Waals surface area contributed by atoms with Crippen molar-refractivity contribution in [1.82, 2.24) is 0 Å². The fraction of sp³-hybridized carbons (Fsp3) is 0.500. The van der Waals surface area contributed by atoms with Crippen LogP contribution >= 0.6 is 27.9 Å². The van der Waals surface area contributed by atoms with Crippen LogP contribution in [0.25, 0.3) is 0 Å². The molecule has 1 aliphatic heterocycles. The third kappa shape index (κ3) is 2.92. The van der Waals surface area contributed by atoms with E-state index in [9.17, 15) is 4.79 Å². The standard InChI is InChI=1S/C14H18BrNO2S/c1-8(2)19-16-7-9(3)13-11(14(17)18-4)5-10(15)6-12(13)16/h5-6,8-9H,7H2,1-4H3. The van der Waals surface area contributed by atoms with Gasteiger partial charge < -0.3 is 9.04 Å². The molecule has 0 saturated heterocycles. The Labute approximate surface area is 127 Å². The molecule has 0 saturated carbocycles. The molecule has 2 rings (SSSR count). The van der Waals surface area contributed by atoms with Crippen LogP contribution in [-0.2, 0) is 4.74 Å². The minimum atomic E-state index is -0.263. The van der Waals surface area contributed by atoms with Crippen LogP contribution in [0, 0.1) is 0 Å².